The molecule has 1 N–H and O–H groups in total. The largest absolute Gasteiger partial charge is 0.339 e. The number of hydrogen-bond donors (Lipinski definition) is 1. The van der Waals surface area contributed by atoms with Crippen molar-refractivity contribution in [3.8, 4) is 0 Å². The topological polar surface area (TPSA) is 114 Å². The van der Waals surface area contributed by atoms with Crippen LogP contribution in [-0.4, -0.2) is 29.9 Å². The van der Waals surface area contributed by atoms with Crippen molar-refractivity contribution in [3.63, 3.8) is 0 Å². The second-order valence-corrected chi connectivity index (χ2v) is 12.5. The molecule has 0 spiro atoms. The first-order valence-electron chi connectivity index (χ1n) is 7.16. The molecule has 154 valence electrons. The molecular weight excluding hydrogens is 528 g/mol. The zero-order chi connectivity index (χ0) is 21.6. The maximum absolute atomic E-state index is 10.8. The number of H-pyrrole nitrogens is 1. The summed E-state index contributed by atoms with van der Waals surface area (Å²) in [6, 6.07) is 3.40. The van der Waals surface area contributed by atoms with Crippen LogP contribution in [0.3, 0.4) is 0 Å². The average molecular weight is 538 g/mol. The van der Waals surface area contributed by atoms with Crippen LogP contribution >= 0.6 is 73.7 Å². The summed E-state index contributed by atoms with van der Waals surface area (Å²) in [6.07, 6.45) is 5.79. The highest BCUT2D eigenvalue weighted by atomic mass is 36.0. The standard InChI is InChI=1S/C7H3Cl2N3.C7H4ClN3O.Cl3OP.H2/c8-5-3-11-4-1-2-10-7(9)6(4)12-5;8-7-6-4(1-2-9-7)10-3-5(12)11-6;1-5(2,3)4;/h1-3H;1-3H,(H,11,12);;1H/i;;;1+1. The quantitative estimate of drug-likeness (QED) is 0.205. The third kappa shape index (κ3) is 8.18. The smallest absolute Gasteiger partial charge is 0.317 e. The van der Waals surface area contributed by atoms with Crippen LogP contribution in [0.4, 0.5) is 0 Å². The summed E-state index contributed by atoms with van der Waals surface area (Å²) < 4.78 is 9.51. The van der Waals surface area contributed by atoms with Gasteiger partial charge >= 0.3 is 5.20 Å². The second kappa shape index (κ2) is 10.7. The molecule has 0 fully saturated rings. The molecule has 4 heterocycles. The first kappa shape index (κ1) is 24.0. The lowest BCUT2D eigenvalue weighted by Crippen LogP contribution is -2.05. The van der Waals surface area contributed by atoms with Gasteiger partial charge in [0, 0.05) is 13.8 Å². The number of pyridine rings is 2. The molecule has 0 radical (unpaired) electrons. The molecule has 8 nitrogen and oxygen atoms in total. The zero-order valence-corrected chi connectivity index (χ0v) is 19.2. The monoisotopic (exact) mass is 535 g/mol. The third-order valence-corrected chi connectivity index (χ3v) is 3.58. The summed E-state index contributed by atoms with van der Waals surface area (Å²) in [6.45, 7) is 0. The number of halogens is 6. The maximum Gasteiger partial charge on any atom is 0.339 e. The van der Waals surface area contributed by atoms with Gasteiger partial charge in [0.2, 0.25) is 0 Å². The van der Waals surface area contributed by atoms with Crippen LogP contribution in [0.2, 0.25) is 15.5 Å². The molecule has 0 atom stereocenters. The highest BCUT2D eigenvalue weighted by Crippen LogP contribution is 2.61. The van der Waals surface area contributed by atoms with E-state index in [4.69, 9.17) is 34.8 Å². The van der Waals surface area contributed by atoms with Crippen LogP contribution in [0.15, 0.2) is 41.7 Å². The Morgan fingerprint density at radius 3 is 2.07 bits per heavy atom. The molecule has 0 saturated carbocycles. The molecule has 4 rings (SSSR count). The maximum atomic E-state index is 10.8. The van der Waals surface area contributed by atoms with Crippen LogP contribution < -0.4 is 5.56 Å². The van der Waals surface area contributed by atoms with Gasteiger partial charge in [-0.15, -0.1) is 0 Å². The van der Waals surface area contributed by atoms with Crippen molar-refractivity contribution in [1.29, 1.82) is 0 Å². The van der Waals surface area contributed by atoms with E-state index in [0.29, 0.717) is 32.4 Å². The van der Waals surface area contributed by atoms with Crippen LogP contribution in [0.5, 0.6) is 0 Å². The molecule has 0 amide bonds. The molecule has 4 aromatic heterocycles. The minimum atomic E-state index is -3.22. The van der Waals surface area contributed by atoms with Crippen molar-refractivity contribution < 1.29 is 5.99 Å². The summed E-state index contributed by atoms with van der Waals surface area (Å²) in [5, 5.41) is -2.32. The molecule has 29 heavy (non-hydrogen) atoms. The lowest BCUT2D eigenvalue weighted by molar-refractivity contribution is 0.600. The number of nitrogens with one attached hydrogen (secondary N) is 1. The summed E-state index contributed by atoms with van der Waals surface area (Å²) in [5.74, 6) is 0. The van der Waals surface area contributed by atoms with Crippen molar-refractivity contribution in [3.05, 3.63) is 62.7 Å². The molecule has 0 unspecified atom stereocenters. The van der Waals surface area contributed by atoms with Gasteiger partial charge in [0.15, 0.2) is 10.3 Å². The Morgan fingerprint density at radius 2 is 1.41 bits per heavy atom. The Morgan fingerprint density at radius 1 is 0.862 bits per heavy atom. The Bertz CT molecular complexity index is 1250. The van der Waals surface area contributed by atoms with Crippen LogP contribution in [0.25, 0.3) is 22.1 Å². The van der Waals surface area contributed by atoms with Gasteiger partial charge in [0.1, 0.15) is 16.2 Å². The lowest BCUT2D eigenvalue weighted by Gasteiger charge is -1.96. The minimum absolute atomic E-state index is 0. The fraction of sp³-hybridized carbons (Fsp3) is 0. The van der Waals surface area contributed by atoms with E-state index >= 15 is 0 Å². The Labute approximate surface area is 193 Å². The van der Waals surface area contributed by atoms with E-state index in [9.17, 15) is 9.36 Å². The van der Waals surface area contributed by atoms with E-state index in [2.05, 4.69) is 63.6 Å². The minimum Gasteiger partial charge on any atom is -0.317 e. The summed E-state index contributed by atoms with van der Waals surface area (Å²) in [4.78, 5) is 32.9. The fourth-order valence-electron chi connectivity index (χ4n) is 1.82. The highest BCUT2D eigenvalue weighted by Gasteiger charge is 2.03. The lowest BCUT2D eigenvalue weighted by atomic mass is 10.4. The van der Waals surface area contributed by atoms with E-state index in [1.807, 2.05) is 0 Å². The van der Waals surface area contributed by atoms with E-state index in [1.54, 1.807) is 18.3 Å². The fourth-order valence-corrected chi connectivity index (χ4v) is 2.35. The molecule has 0 aliphatic heterocycles. The molecule has 0 saturated heterocycles. The first-order valence-corrected chi connectivity index (χ1v) is 12.7. The van der Waals surface area contributed by atoms with Gasteiger partial charge in [-0.3, -0.25) is 14.3 Å². The van der Waals surface area contributed by atoms with E-state index in [-0.39, 0.29) is 12.1 Å². The van der Waals surface area contributed by atoms with Crippen molar-refractivity contribution in [2.45, 2.75) is 0 Å². The molecular formula is C14H9Cl6N6O2P. The summed E-state index contributed by atoms with van der Waals surface area (Å²) in [5.41, 5.74) is 2.06. The number of fused-ring (bicyclic) bond motifs is 2. The second-order valence-electron chi connectivity index (χ2n) is 4.80. The SMILES string of the molecule is Clc1cnc2ccnc(Cl)c2n1.O=P(Cl)(Cl)Cl.O=c1cnc2ccnc(Cl)c2[nH]1.[2HH]. The van der Waals surface area contributed by atoms with Crippen molar-refractivity contribution in [2.75, 3.05) is 0 Å². The normalized spacial score (nSPS) is 10.7. The Kier molecular flexibility index (Phi) is 8.85. The van der Waals surface area contributed by atoms with Gasteiger partial charge < -0.3 is 4.98 Å². The first-order chi connectivity index (χ1) is 13.5. The molecule has 0 bridgehead atoms. The zero-order valence-electron chi connectivity index (χ0n) is 13.7. The number of aromatic nitrogens is 6. The Balaban J connectivity index is 0.000000241. The average Bonchev–Trinajstić information content (AvgIpc) is 2.63. The third-order valence-electron chi connectivity index (χ3n) is 2.84. The predicted molar refractivity (Wildman–Crippen MR) is 120 cm³/mol. The summed E-state index contributed by atoms with van der Waals surface area (Å²) >= 11 is 30.9. The molecule has 4 aromatic rings. The van der Waals surface area contributed by atoms with E-state index < -0.39 is 5.20 Å². The van der Waals surface area contributed by atoms with Gasteiger partial charge in [-0.25, -0.2) is 19.9 Å². The highest BCUT2D eigenvalue weighted by molar-refractivity contribution is 8.24. The van der Waals surface area contributed by atoms with Gasteiger partial charge in [0.05, 0.1) is 23.4 Å². The molecule has 15 heteroatoms. The van der Waals surface area contributed by atoms with Crippen LogP contribution in [0.1, 0.15) is 1.43 Å². The predicted octanol–water partition coefficient (Wildman–Crippen LogP) is 6.36. The van der Waals surface area contributed by atoms with Crippen molar-refractivity contribution >= 4 is 95.8 Å². The van der Waals surface area contributed by atoms with Gasteiger partial charge in [-0.1, -0.05) is 34.8 Å². The van der Waals surface area contributed by atoms with E-state index in [1.165, 1.54) is 18.6 Å². The Hall–Kier alpha value is -1.25. The van der Waals surface area contributed by atoms with Gasteiger partial charge in [-0.05, 0) is 45.9 Å². The number of aromatic amines is 1. The van der Waals surface area contributed by atoms with Crippen LogP contribution in [0, 0.1) is 0 Å². The van der Waals surface area contributed by atoms with Crippen molar-refractivity contribution in [2.24, 2.45) is 0 Å². The van der Waals surface area contributed by atoms with Gasteiger partial charge in [-0.2, -0.15) is 0 Å². The van der Waals surface area contributed by atoms with Crippen LogP contribution in [-0.2, 0) is 4.57 Å². The number of nitrogens with zero attached hydrogens (tertiary/aromatic N) is 5. The molecule has 0 aliphatic rings. The van der Waals surface area contributed by atoms with E-state index in [0.717, 1.165) is 0 Å². The number of rotatable bonds is 0. The molecule has 0 aliphatic carbocycles. The van der Waals surface area contributed by atoms with Crippen molar-refractivity contribution in [1.82, 2.24) is 29.9 Å². The van der Waals surface area contributed by atoms with Gasteiger partial charge in [0.25, 0.3) is 5.56 Å². The summed E-state index contributed by atoms with van der Waals surface area (Å²) in [7, 11) is 0. The molecule has 0 aromatic carbocycles. The number of hydrogen-bond acceptors (Lipinski definition) is 7.